The minimum atomic E-state index is -0.0476. The molecule has 1 aliphatic rings. The molecule has 0 spiro atoms. The molecule has 1 N–H and O–H groups in total. The number of aromatic nitrogens is 1. The number of aryl methyl sites for hydroxylation is 1. The van der Waals surface area contributed by atoms with Crippen LogP contribution in [0.4, 0.5) is 0 Å². The van der Waals surface area contributed by atoms with Gasteiger partial charge in [-0.2, -0.15) is 0 Å². The quantitative estimate of drug-likeness (QED) is 0.870. The molecule has 1 atom stereocenters. The van der Waals surface area contributed by atoms with E-state index < -0.39 is 0 Å². The van der Waals surface area contributed by atoms with E-state index in [4.69, 9.17) is 4.74 Å². The monoisotopic (exact) mass is 391 g/mol. The molecule has 1 fully saturated rings. The number of carbonyl (C=O) groups excluding carboxylic acids is 1. The topological polar surface area (TPSA) is 54.5 Å². The number of hydrogen-bond acceptors (Lipinski definition) is 4. The smallest absolute Gasteiger partial charge is 0.252 e. The molecule has 2 aromatic rings. The first-order valence-electron chi connectivity index (χ1n) is 8.21. The highest BCUT2D eigenvalue weighted by atomic mass is 79.9. The van der Waals surface area contributed by atoms with E-state index in [1.54, 1.807) is 0 Å². The van der Waals surface area contributed by atoms with Crippen molar-refractivity contribution in [1.82, 2.24) is 15.2 Å². The maximum absolute atomic E-state index is 12.8. The standard InChI is InChI=1S/C18H22BrN3O2/c1-12-9-16(15-4-3-14(19)10-17(15)20-12)18(23)21-13(2)11-22-5-7-24-8-6-22/h3-4,9-10,13H,5-8,11H2,1-2H3,(H,21,23)/t13-/m0/s1. The number of ether oxygens (including phenoxy) is 1. The van der Waals surface area contributed by atoms with Crippen LogP contribution >= 0.6 is 15.9 Å². The van der Waals surface area contributed by atoms with Crippen LogP contribution in [-0.2, 0) is 4.74 Å². The number of hydrogen-bond donors (Lipinski definition) is 1. The molecule has 1 saturated heterocycles. The SMILES string of the molecule is Cc1cc(C(=O)N[C@@H](C)CN2CCOCC2)c2ccc(Br)cc2n1. The summed E-state index contributed by atoms with van der Waals surface area (Å²) < 4.78 is 6.32. The molecule has 3 rings (SSSR count). The minimum Gasteiger partial charge on any atom is -0.379 e. The average Bonchev–Trinajstić information content (AvgIpc) is 2.54. The number of amides is 1. The van der Waals surface area contributed by atoms with Gasteiger partial charge >= 0.3 is 0 Å². The van der Waals surface area contributed by atoms with E-state index in [1.807, 2.05) is 38.1 Å². The van der Waals surface area contributed by atoms with E-state index in [1.165, 1.54) is 0 Å². The summed E-state index contributed by atoms with van der Waals surface area (Å²) in [6.45, 7) is 8.17. The average molecular weight is 392 g/mol. The van der Waals surface area contributed by atoms with Gasteiger partial charge in [-0.25, -0.2) is 0 Å². The van der Waals surface area contributed by atoms with Crippen molar-refractivity contribution in [3.8, 4) is 0 Å². The van der Waals surface area contributed by atoms with Gasteiger partial charge in [0, 0.05) is 41.2 Å². The highest BCUT2D eigenvalue weighted by molar-refractivity contribution is 9.10. The van der Waals surface area contributed by atoms with Crippen molar-refractivity contribution in [1.29, 1.82) is 0 Å². The van der Waals surface area contributed by atoms with Crippen LogP contribution < -0.4 is 5.32 Å². The highest BCUT2D eigenvalue weighted by Crippen LogP contribution is 2.22. The van der Waals surface area contributed by atoms with E-state index in [0.717, 1.165) is 53.9 Å². The molecule has 1 aromatic carbocycles. The summed E-state index contributed by atoms with van der Waals surface area (Å²) in [6.07, 6.45) is 0. The van der Waals surface area contributed by atoms with Crippen LogP contribution in [0.5, 0.6) is 0 Å². The second kappa shape index (κ2) is 7.59. The minimum absolute atomic E-state index is 0.0476. The second-order valence-corrected chi connectivity index (χ2v) is 7.18. The Morgan fingerprint density at radius 3 is 2.88 bits per heavy atom. The molecule has 0 radical (unpaired) electrons. The number of rotatable bonds is 4. The fraction of sp³-hybridized carbons (Fsp3) is 0.444. The van der Waals surface area contributed by atoms with E-state index in [0.29, 0.717) is 5.56 Å². The van der Waals surface area contributed by atoms with Crippen molar-refractivity contribution < 1.29 is 9.53 Å². The molecule has 128 valence electrons. The lowest BCUT2D eigenvalue weighted by molar-refractivity contribution is 0.0342. The van der Waals surface area contributed by atoms with Gasteiger partial charge < -0.3 is 10.1 Å². The van der Waals surface area contributed by atoms with Gasteiger partial charge in [-0.1, -0.05) is 22.0 Å². The molecular formula is C18H22BrN3O2. The molecule has 6 heteroatoms. The predicted molar refractivity (Wildman–Crippen MR) is 98.4 cm³/mol. The zero-order chi connectivity index (χ0) is 17.1. The number of benzene rings is 1. The number of carbonyl (C=O) groups is 1. The number of fused-ring (bicyclic) bond motifs is 1. The molecule has 5 nitrogen and oxygen atoms in total. The summed E-state index contributed by atoms with van der Waals surface area (Å²) >= 11 is 3.46. The largest absolute Gasteiger partial charge is 0.379 e. The molecular weight excluding hydrogens is 370 g/mol. The molecule has 0 unspecified atom stereocenters. The zero-order valence-corrected chi connectivity index (χ0v) is 15.6. The number of nitrogens with one attached hydrogen (secondary N) is 1. The second-order valence-electron chi connectivity index (χ2n) is 6.26. The molecule has 0 bridgehead atoms. The van der Waals surface area contributed by atoms with E-state index >= 15 is 0 Å². The third kappa shape index (κ3) is 4.12. The van der Waals surface area contributed by atoms with Gasteiger partial charge in [0.05, 0.1) is 24.3 Å². The van der Waals surface area contributed by atoms with Crippen LogP contribution in [0.15, 0.2) is 28.7 Å². The Kier molecular flexibility index (Phi) is 5.48. The van der Waals surface area contributed by atoms with Crippen LogP contribution in [0.3, 0.4) is 0 Å². The Labute approximate surface area is 150 Å². The predicted octanol–water partition coefficient (Wildman–Crippen LogP) is 2.76. The number of morpholine rings is 1. The van der Waals surface area contributed by atoms with Crippen LogP contribution in [0.1, 0.15) is 23.0 Å². The van der Waals surface area contributed by atoms with Crippen molar-refractivity contribution in [2.45, 2.75) is 19.9 Å². The summed E-state index contributed by atoms with van der Waals surface area (Å²) in [5.74, 6) is -0.0476. The van der Waals surface area contributed by atoms with E-state index in [9.17, 15) is 4.79 Å². The molecule has 1 amide bonds. The molecule has 0 aliphatic carbocycles. The van der Waals surface area contributed by atoms with Gasteiger partial charge in [-0.3, -0.25) is 14.7 Å². The molecule has 1 aliphatic heterocycles. The Morgan fingerprint density at radius 1 is 1.38 bits per heavy atom. The van der Waals surface area contributed by atoms with E-state index in [-0.39, 0.29) is 11.9 Å². The summed E-state index contributed by atoms with van der Waals surface area (Å²) in [5.41, 5.74) is 2.35. The molecule has 24 heavy (non-hydrogen) atoms. The third-order valence-electron chi connectivity index (χ3n) is 4.16. The maximum atomic E-state index is 12.8. The number of nitrogens with zero attached hydrogens (tertiary/aromatic N) is 2. The first kappa shape index (κ1) is 17.3. The van der Waals surface area contributed by atoms with Gasteiger partial charge in [0.25, 0.3) is 5.91 Å². The fourth-order valence-electron chi connectivity index (χ4n) is 3.04. The number of pyridine rings is 1. The van der Waals surface area contributed by atoms with Crippen molar-refractivity contribution in [3.05, 3.63) is 40.0 Å². The van der Waals surface area contributed by atoms with Crippen molar-refractivity contribution in [2.75, 3.05) is 32.8 Å². The Morgan fingerprint density at radius 2 is 2.12 bits per heavy atom. The molecule has 2 heterocycles. The van der Waals surface area contributed by atoms with E-state index in [2.05, 4.69) is 31.1 Å². The van der Waals surface area contributed by atoms with Crippen LogP contribution in [0.25, 0.3) is 10.9 Å². The van der Waals surface area contributed by atoms with Gasteiger partial charge in [0.2, 0.25) is 0 Å². The van der Waals surface area contributed by atoms with Gasteiger partial charge in [-0.05, 0) is 32.0 Å². The Bertz CT molecular complexity index is 739. The van der Waals surface area contributed by atoms with Crippen molar-refractivity contribution in [3.63, 3.8) is 0 Å². The number of halogens is 1. The normalized spacial score (nSPS) is 17.0. The highest BCUT2D eigenvalue weighted by Gasteiger charge is 2.18. The summed E-state index contributed by atoms with van der Waals surface area (Å²) in [7, 11) is 0. The molecule has 0 saturated carbocycles. The fourth-order valence-corrected chi connectivity index (χ4v) is 3.39. The van der Waals surface area contributed by atoms with Crippen LogP contribution in [0.2, 0.25) is 0 Å². The maximum Gasteiger partial charge on any atom is 0.252 e. The van der Waals surface area contributed by atoms with Crippen molar-refractivity contribution in [2.24, 2.45) is 0 Å². The Balaban J connectivity index is 1.75. The summed E-state index contributed by atoms with van der Waals surface area (Å²) in [5, 5.41) is 3.99. The van der Waals surface area contributed by atoms with Crippen LogP contribution in [-0.4, -0.2) is 54.7 Å². The lowest BCUT2D eigenvalue weighted by Gasteiger charge is -2.29. The van der Waals surface area contributed by atoms with Gasteiger partial charge in [0.1, 0.15) is 0 Å². The first-order chi connectivity index (χ1) is 11.5. The third-order valence-corrected chi connectivity index (χ3v) is 4.65. The lowest BCUT2D eigenvalue weighted by atomic mass is 10.1. The zero-order valence-electron chi connectivity index (χ0n) is 14.0. The lowest BCUT2D eigenvalue weighted by Crippen LogP contribution is -2.46. The van der Waals surface area contributed by atoms with Gasteiger partial charge in [-0.15, -0.1) is 0 Å². The Hall–Kier alpha value is -1.50. The van der Waals surface area contributed by atoms with Crippen LogP contribution in [0, 0.1) is 6.92 Å². The molecule has 1 aromatic heterocycles. The van der Waals surface area contributed by atoms with Crippen molar-refractivity contribution >= 4 is 32.7 Å². The van der Waals surface area contributed by atoms with Gasteiger partial charge in [0.15, 0.2) is 0 Å². The first-order valence-corrected chi connectivity index (χ1v) is 9.00. The summed E-state index contributed by atoms with van der Waals surface area (Å²) in [4.78, 5) is 19.6. The summed E-state index contributed by atoms with van der Waals surface area (Å²) in [6, 6.07) is 7.75.